The highest BCUT2D eigenvalue weighted by Gasteiger charge is 2.22. The van der Waals surface area contributed by atoms with Crippen LogP contribution in [-0.2, 0) is 4.74 Å². The average molecular weight is 332 g/mol. The Kier molecular flexibility index (Phi) is 5.60. The molecule has 122 valence electrons. The molecule has 0 radical (unpaired) electrons. The second-order valence-electron chi connectivity index (χ2n) is 5.95. The lowest BCUT2D eigenvalue weighted by molar-refractivity contribution is 0.130. The fourth-order valence-corrected chi connectivity index (χ4v) is 3.23. The third-order valence-electron chi connectivity index (χ3n) is 4.39. The predicted octanol–water partition coefficient (Wildman–Crippen LogP) is 3.62. The molecule has 0 spiro atoms. The van der Waals surface area contributed by atoms with Gasteiger partial charge in [-0.05, 0) is 38.1 Å². The highest BCUT2D eigenvalue weighted by Crippen LogP contribution is 2.28. The summed E-state index contributed by atoms with van der Waals surface area (Å²) in [7, 11) is 1.75. The Balaban J connectivity index is 1.69. The Labute approximate surface area is 142 Å². The molecular weight excluding hydrogens is 310 g/mol. The molecule has 0 atom stereocenters. The summed E-state index contributed by atoms with van der Waals surface area (Å²) >= 11 is 6.08. The number of aromatic nitrogens is 2. The first-order valence-electron chi connectivity index (χ1n) is 8.05. The molecule has 1 aromatic heterocycles. The summed E-state index contributed by atoms with van der Waals surface area (Å²) in [5.74, 6) is 0.487. The summed E-state index contributed by atoms with van der Waals surface area (Å²) in [5.41, 5.74) is 3.00. The molecule has 5 heteroatoms. The fraction of sp³-hybridized carbons (Fsp3) is 0.444. The molecule has 2 aromatic rings. The van der Waals surface area contributed by atoms with E-state index >= 15 is 0 Å². The number of benzene rings is 1. The molecule has 0 aliphatic carbocycles. The van der Waals surface area contributed by atoms with Gasteiger partial charge in [0.1, 0.15) is 0 Å². The average Bonchev–Trinajstić information content (AvgIpc) is 2.60. The molecule has 1 saturated heterocycles. The molecule has 0 bridgehead atoms. The van der Waals surface area contributed by atoms with Crippen LogP contribution in [0.3, 0.4) is 0 Å². The maximum absolute atomic E-state index is 6.08. The lowest BCUT2D eigenvalue weighted by atomic mass is 9.93. The van der Waals surface area contributed by atoms with E-state index in [-0.39, 0.29) is 0 Å². The normalized spacial score (nSPS) is 16.6. The Morgan fingerprint density at radius 3 is 2.83 bits per heavy atom. The van der Waals surface area contributed by atoms with Crippen LogP contribution >= 0.6 is 11.6 Å². The fourth-order valence-electron chi connectivity index (χ4n) is 3.04. The van der Waals surface area contributed by atoms with Crippen molar-refractivity contribution in [1.29, 1.82) is 0 Å². The van der Waals surface area contributed by atoms with Crippen LogP contribution < -0.4 is 0 Å². The van der Waals surface area contributed by atoms with Crippen molar-refractivity contribution in [2.75, 3.05) is 33.4 Å². The Morgan fingerprint density at radius 2 is 2.09 bits per heavy atom. The summed E-state index contributed by atoms with van der Waals surface area (Å²) in [5, 5.41) is 0.723. The molecule has 23 heavy (non-hydrogen) atoms. The van der Waals surface area contributed by atoms with Crippen molar-refractivity contribution in [3.8, 4) is 11.3 Å². The first-order valence-corrected chi connectivity index (χ1v) is 8.43. The van der Waals surface area contributed by atoms with Crippen LogP contribution in [0.25, 0.3) is 11.3 Å². The van der Waals surface area contributed by atoms with Crippen LogP contribution in [0.4, 0.5) is 0 Å². The van der Waals surface area contributed by atoms with Crippen molar-refractivity contribution in [3.05, 3.63) is 47.4 Å². The molecule has 0 saturated carbocycles. The Hall–Kier alpha value is -1.49. The van der Waals surface area contributed by atoms with Crippen molar-refractivity contribution in [3.63, 3.8) is 0 Å². The minimum absolute atomic E-state index is 0.487. The third kappa shape index (κ3) is 4.28. The van der Waals surface area contributed by atoms with E-state index in [0.717, 1.165) is 61.1 Å². The van der Waals surface area contributed by atoms with Crippen LogP contribution in [0, 0.1) is 0 Å². The van der Waals surface area contributed by atoms with E-state index in [9.17, 15) is 0 Å². The van der Waals surface area contributed by atoms with Crippen molar-refractivity contribution >= 4 is 11.6 Å². The number of hydrogen-bond acceptors (Lipinski definition) is 4. The number of nitrogens with zero attached hydrogens (tertiary/aromatic N) is 3. The zero-order chi connectivity index (χ0) is 16.1. The highest BCUT2D eigenvalue weighted by molar-refractivity contribution is 6.30. The van der Waals surface area contributed by atoms with Gasteiger partial charge in [-0.15, -0.1) is 0 Å². The summed E-state index contributed by atoms with van der Waals surface area (Å²) in [6.07, 6.45) is 5.96. The van der Waals surface area contributed by atoms with E-state index in [0.29, 0.717) is 5.92 Å². The number of piperidine rings is 1. The second kappa shape index (κ2) is 7.86. The van der Waals surface area contributed by atoms with Gasteiger partial charge in [0.25, 0.3) is 0 Å². The van der Waals surface area contributed by atoms with Gasteiger partial charge in [0.2, 0.25) is 0 Å². The van der Waals surface area contributed by atoms with Gasteiger partial charge in [-0.2, -0.15) is 0 Å². The van der Waals surface area contributed by atoms with E-state index in [1.54, 1.807) is 7.11 Å². The van der Waals surface area contributed by atoms with Gasteiger partial charge in [-0.3, -0.25) is 4.98 Å². The van der Waals surface area contributed by atoms with Crippen molar-refractivity contribution < 1.29 is 4.74 Å². The van der Waals surface area contributed by atoms with E-state index in [1.807, 2.05) is 36.7 Å². The standard InChI is InChI=1S/C18H22ClN3O/c1-23-10-9-22-7-5-14(6-8-22)17-12-20-13-18(21-17)15-3-2-4-16(19)11-15/h2-4,11-14H,5-10H2,1H3. The molecule has 0 unspecified atom stereocenters. The highest BCUT2D eigenvalue weighted by atomic mass is 35.5. The maximum atomic E-state index is 6.08. The zero-order valence-corrected chi connectivity index (χ0v) is 14.2. The van der Waals surface area contributed by atoms with Gasteiger partial charge >= 0.3 is 0 Å². The van der Waals surface area contributed by atoms with Gasteiger partial charge in [-0.25, -0.2) is 4.98 Å². The summed E-state index contributed by atoms with van der Waals surface area (Å²) < 4.78 is 5.16. The first kappa shape index (κ1) is 16.4. The quantitative estimate of drug-likeness (QED) is 0.838. The molecule has 1 aliphatic heterocycles. The number of methoxy groups -OCH3 is 1. The number of likely N-dealkylation sites (tertiary alicyclic amines) is 1. The van der Waals surface area contributed by atoms with Crippen LogP contribution in [0.5, 0.6) is 0 Å². The number of halogens is 1. The van der Waals surface area contributed by atoms with Crippen LogP contribution in [0.2, 0.25) is 5.02 Å². The Morgan fingerprint density at radius 1 is 1.26 bits per heavy atom. The van der Waals surface area contributed by atoms with Crippen molar-refractivity contribution in [1.82, 2.24) is 14.9 Å². The monoisotopic (exact) mass is 331 g/mol. The van der Waals surface area contributed by atoms with Gasteiger partial charge in [0.15, 0.2) is 0 Å². The molecule has 1 aromatic carbocycles. The van der Waals surface area contributed by atoms with E-state index in [2.05, 4.69) is 9.88 Å². The molecular formula is C18H22ClN3O. The molecule has 1 fully saturated rings. The molecule has 3 rings (SSSR count). The molecule has 4 nitrogen and oxygen atoms in total. The predicted molar refractivity (Wildman–Crippen MR) is 92.8 cm³/mol. The van der Waals surface area contributed by atoms with Gasteiger partial charge in [0, 0.05) is 36.4 Å². The van der Waals surface area contributed by atoms with E-state index in [4.69, 9.17) is 21.3 Å². The summed E-state index contributed by atoms with van der Waals surface area (Å²) in [6.45, 7) is 4.00. The molecule has 0 N–H and O–H groups in total. The largest absolute Gasteiger partial charge is 0.383 e. The SMILES string of the molecule is COCCN1CCC(c2cncc(-c3cccc(Cl)c3)n2)CC1. The molecule has 2 heterocycles. The van der Waals surface area contributed by atoms with Crippen molar-refractivity contribution in [2.45, 2.75) is 18.8 Å². The first-order chi connectivity index (χ1) is 11.3. The number of hydrogen-bond donors (Lipinski definition) is 0. The summed E-state index contributed by atoms with van der Waals surface area (Å²) in [4.78, 5) is 11.7. The van der Waals surface area contributed by atoms with E-state index < -0.39 is 0 Å². The minimum atomic E-state index is 0.487. The lowest BCUT2D eigenvalue weighted by Gasteiger charge is -2.31. The number of ether oxygens (including phenoxy) is 1. The minimum Gasteiger partial charge on any atom is -0.383 e. The maximum Gasteiger partial charge on any atom is 0.0889 e. The Bertz CT molecular complexity index is 642. The summed E-state index contributed by atoms with van der Waals surface area (Å²) in [6, 6.07) is 7.77. The smallest absolute Gasteiger partial charge is 0.0889 e. The van der Waals surface area contributed by atoms with Crippen LogP contribution in [0.15, 0.2) is 36.7 Å². The number of rotatable bonds is 5. The topological polar surface area (TPSA) is 38.2 Å². The van der Waals surface area contributed by atoms with Gasteiger partial charge in [0.05, 0.1) is 24.2 Å². The second-order valence-corrected chi connectivity index (χ2v) is 6.38. The lowest BCUT2D eigenvalue weighted by Crippen LogP contribution is -2.35. The van der Waals surface area contributed by atoms with Gasteiger partial charge < -0.3 is 9.64 Å². The van der Waals surface area contributed by atoms with Crippen LogP contribution in [-0.4, -0.2) is 48.2 Å². The third-order valence-corrected chi connectivity index (χ3v) is 4.63. The molecule has 0 amide bonds. The van der Waals surface area contributed by atoms with E-state index in [1.165, 1.54) is 0 Å². The zero-order valence-electron chi connectivity index (χ0n) is 13.4. The molecule has 1 aliphatic rings. The van der Waals surface area contributed by atoms with Gasteiger partial charge in [-0.1, -0.05) is 23.7 Å². The van der Waals surface area contributed by atoms with Crippen molar-refractivity contribution in [2.24, 2.45) is 0 Å². The van der Waals surface area contributed by atoms with Crippen LogP contribution in [0.1, 0.15) is 24.5 Å².